The average molecular weight is 429 g/mol. The second-order valence-corrected chi connectivity index (χ2v) is 7.81. The number of methoxy groups -OCH3 is 1. The van der Waals surface area contributed by atoms with Crippen LogP contribution in [0.5, 0.6) is 0 Å². The van der Waals surface area contributed by atoms with Gasteiger partial charge >= 0.3 is 0 Å². The molecule has 1 fully saturated rings. The van der Waals surface area contributed by atoms with Gasteiger partial charge in [-0.3, -0.25) is 9.89 Å². The van der Waals surface area contributed by atoms with Gasteiger partial charge in [-0.15, -0.1) is 0 Å². The van der Waals surface area contributed by atoms with E-state index in [1.54, 1.807) is 19.4 Å². The number of hydrogen-bond donors (Lipinski definition) is 3. The van der Waals surface area contributed by atoms with Crippen LogP contribution in [0, 0.1) is 0 Å². The van der Waals surface area contributed by atoms with E-state index >= 15 is 0 Å². The molecule has 4 rings (SSSR count). The van der Waals surface area contributed by atoms with Crippen LogP contribution in [0.25, 0.3) is 10.9 Å². The van der Waals surface area contributed by atoms with Crippen LogP contribution < -0.4 is 10.6 Å². The zero-order valence-electron chi connectivity index (χ0n) is 16.8. The summed E-state index contributed by atoms with van der Waals surface area (Å²) >= 11 is 6.33. The Morgan fingerprint density at radius 2 is 2.30 bits per heavy atom. The summed E-state index contributed by atoms with van der Waals surface area (Å²) in [6, 6.07) is 11.1. The number of ether oxygens (including phenoxy) is 2. The van der Waals surface area contributed by atoms with E-state index in [1.165, 1.54) is 5.56 Å². The van der Waals surface area contributed by atoms with E-state index in [2.05, 4.69) is 33.0 Å². The number of H-pyrrole nitrogens is 1. The van der Waals surface area contributed by atoms with E-state index in [4.69, 9.17) is 21.1 Å². The normalized spacial score (nSPS) is 17.2. The molecular weight excluding hydrogens is 404 g/mol. The number of amides is 1. The van der Waals surface area contributed by atoms with E-state index < -0.39 is 6.04 Å². The van der Waals surface area contributed by atoms with Crippen LogP contribution in [0.1, 0.15) is 29.5 Å². The Morgan fingerprint density at radius 3 is 3.10 bits per heavy atom. The van der Waals surface area contributed by atoms with Crippen molar-refractivity contribution in [2.75, 3.05) is 38.8 Å². The zero-order valence-corrected chi connectivity index (χ0v) is 17.5. The maximum absolute atomic E-state index is 13.1. The summed E-state index contributed by atoms with van der Waals surface area (Å²) in [6.45, 7) is 2.37. The van der Waals surface area contributed by atoms with Crippen LogP contribution in [0.3, 0.4) is 0 Å². The Balaban J connectivity index is 1.66. The highest BCUT2D eigenvalue weighted by Crippen LogP contribution is 2.32. The molecule has 158 valence electrons. The van der Waals surface area contributed by atoms with Crippen molar-refractivity contribution in [1.29, 1.82) is 0 Å². The standard InChI is InChI=1S/C22H25ClN4O3/c1-29-8-6-24-22(28)21(18-10-16(23)11-20-19(18)12-25-27-20)26-17-4-2-3-14(9-17)15-5-7-30-13-15/h2-4,9-12,15,21,26H,5-8,13H2,1H3,(H,24,28)(H,25,27)/t15-,21+/m0/s1. The number of halogens is 1. The van der Waals surface area contributed by atoms with E-state index in [-0.39, 0.29) is 5.91 Å². The molecule has 7 nitrogen and oxygen atoms in total. The van der Waals surface area contributed by atoms with Crippen molar-refractivity contribution in [2.45, 2.75) is 18.4 Å². The summed E-state index contributed by atoms with van der Waals surface area (Å²) in [5.41, 5.74) is 3.61. The van der Waals surface area contributed by atoms with Crippen molar-refractivity contribution < 1.29 is 14.3 Å². The SMILES string of the molecule is COCCNC(=O)[C@H](Nc1cccc([C@H]2CCOC2)c1)c1cc(Cl)cc2[nH]ncc12. The minimum atomic E-state index is -0.643. The van der Waals surface area contributed by atoms with Gasteiger partial charge in [0.05, 0.1) is 24.9 Å². The first-order chi connectivity index (χ1) is 14.7. The number of nitrogens with zero attached hydrogens (tertiary/aromatic N) is 1. The number of hydrogen-bond acceptors (Lipinski definition) is 5. The van der Waals surface area contributed by atoms with E-state index in [0.717, 1.165) is 41.8 Å². The molecule has 0 spiro atoms. The maximum atomic E-state index is 13.1. The monoisotopic (exact) mass is 428 g/mol. The molecular formula is C22H25ClN4O3. The van der Waals surface area contributed by atoms with Crippen molar-refractivity contribution in [3.63, 3.8) is 0 Å². The van der Waals surface area contributed by atoms with Gasteiger partial charge in [0.1, 0.15) is 6.04 Å². The molecule has 2 aromatic carbocycles. The molecule has 0 bridgehead atoms. The minimum Gasteiger partial charge on any atom is -0.383 e. The first-order valence-corrected chi connectivity index (χ1v) is 10.4. The first-order valence-electron chi connectivity index (χ1n) is 9.99. The molecule has 2 heterocycles. The summed E-state index contributed by atoms with van der Waals surface area (Å²) < 4.78 is 10.6. The second-order valence-electron chi connectivity index (χ2n) is 7.37. The number of anilines is 1. The molecule has 1 aliphatic rings. The van der Waals surface area contributed by atoms with Crippen LogP contribution in [-0.2, 0) is 14.3 Å². The van der Waals surface area contributed by atoms with Crippen molar-refractivity contribution in [1.82, 2.24) is 15.5 Å². The Bertz CT molecular complexity index is 1020. The summed E-state index contributed by atoms with van der Waals surface area (Å²) in [5, 5.41) is 14.8. The number of benzene rings is 2. The highest BCUT2D eigenvalue weighted by Gasteiger charge is 2.25. The van der Waals surface area contributed by atoms with Gasteiger partial charge in [-0.05, 0) is 41.8 Å². The van der Waals surface area contributed by atoms with Crippen LogP contribution in [0.15, 0.2) is 42.6 Å². The lowest BCUT2D eigenvalue weighted by molar-refractivity contribution is -0.122. The molecule has 1 aliphatic heterocycles. The molecule has 2 atom stereocenters. The number of aromatic nitrogens is 2. The number of aromatic amines is 1. The molecule has 3 aromatic rings. The van der Waals surface area contributed by atoms with Crippen molar-refractivity contribution in [2.24, 2.45) is 0 Å². The third-order valence-corrected chi connectivity index (χ3v) is 5.55. The topological polar surface area (TPSA) is 88.3 Å². The van der Waals surface area contributed by atoms with Gasteiger partial charge in [0.2, 0.25) is 5.91 Å². The smallest absolute Gasteiger partial charge is 0.247 e. The van der Waals surface area contributed by atoms with Crippen LogP contribution in [0.4, 0.5) is 5.69 Å². The van der Waals surface area contributed by atoms with Crippen LogP contribution >= 0.6 is 11.6 Å². The molecule has 1 aromatic heterocycles. The fraction of sp³-hybridized carbons (Fsp3) is 0.364. The Labute approximate surface area is 180 Å². The summed E-state index contributed by atoms with van der Waals surface area (Å²) in [6.07, 6.45) is 2.72. The average Bonchev–Trinajstić information content (AvgIpc) is 3.44. The van der Waals surface area contributed by atoms with Gasteiger partial charge in [0, 0.05) is 42.3 Å². The first kappa shape index (κ1) is 20.7. The maximum Gasteiger partial charge on any atom is 0.247 e. The lowest BCUT2D eigenvalue weighted by atomic mass is 9.97. The fourth-order valence-electron chi connectivity index (χ4n) is 3.79. The van der Waals surface area contributed by atoms with Gasteiger partial charge in [0.25, 0.3) is 0 Å². The van der Waals surface area contributed by atoms with Gasteiger partial charge in [0.15, 0.2) is 0 Å². The van der Waals surface area contributed by atoms with Gasteiger partial charge in [-0.25, -0.2) is 0 Å². The molecule has 0 saturated carbocycles. The third-order valence-electron chi connectivity index (χ3n) is 5.33. The molecule has 1 saturated heterocycles. The molecule has 0 unspecified atom stereocenters. The molecule has 30 heavy (non-hydrogen) atoms. The largest absolute Gasteiger partial charge is 0.383 e. The van der Waals surface area contributed by atoms with Crippen molar-refractivity contribution in [3.05, 3.63) is 58.7 Å². The van der Waals surface area contributed by atoms with Crippen LogP contribution in [-0.4, -0.2) is 49.6 Å². The highest BCUT2D eigenvalue weighted by molar-refractivity contribution is 6.31. The summed E-state index contributed by atoms with van der Waals surface area (Å²) in [4.78, 5) is 13.1. The molecule has 0 aliphatic carbocycles. The number of nitrogens with one attached hydrogen (secondary N) is 3. The lowest BCUT2D eigenvalue weighted by Gasteiger charge is -2.22. The second kappa shape index (κ2) is 9.47. The predicted molar refractivity (Wildman–Crippen MR) is 117 cm³/mol. The van der Waals surface area contributed by atoms with Gasteiger partial charge in [-0.2, -0.15) is 5.10 Å². The number of carbonyl (C=O) groups is 1. The molecule has 3 N–H and O–H groups in total. The zero-order chi connectivity index (χ0) is 20.9. The van der Waals surface area contributed by atoms with Crippen molar-refractivity contribution in [3.8, 4) is 0 Å². The molecule has 8 heteroatoms. The van der Waals surface area contributed by atoms with E-state index in [0.29, 0.717) is 24.1 Å². The number of rotatable bonds is 8. The van der Waals surface area contributed by atoms with E-state index in [1.807, 2.05) is 18.2 Å². The molecule has 0 radical (unpaired) electrons. The number of fused-ring (bicyclic) bond motifs is 1. The third kappa shape index (κ3) is 4.59. The quantitative estimate of drug-likeness (QED) is 0.477. The Hall–Kier alpha value is -2.61. The lowest BCUT2D eigenvalue weighted by Crippen LogP contribution is -2.35. The van der Waals surface area contributed by atoms with Crippen molar-refractivity contribution >= 4 is 34.1 Å². The summed E-state index contributed by atoms with van der Waals surface area (Å²) in [7, 11) is 1.60. The summed E-state index contributed by atoms with van der Waals surface area (Å²) in [5.74, 6) is 0.221. The minimum absolute atomic E-state index is 0.161. The Morgan fingerprint density at radius 1 is 1.40 bits per heavy atom. The van der Waals surface area contributed by atoms with E-state index in [9.17, 15) is 4.79 Å². The number of carbonyl (C=O) groups excluding carboxylic acids is 1. The van der Waals surface area contributed by atoms with Crippen LogP contribution in [0.2, 0.25) is 5.02 Å². The van der Waals surface area contributed by atoms with Gasteiger partial charge < -0.3 is 20.1 Å². The fourth-order valence-corrected chi connectivity index (χ4v) is 4.02. The predicted octanol–water partition coefficient (Wildman–Crippen LogP) is 3.64. The highest BCUT2D eigenvalue weighted by atomic mass is 35.5. The Kier molecular flexibility index (Phi) is 6.52. The van der Waals surface area contributed by atoms with Gasteiger partial charge in [-0.1, -0.05) is 23.7 Å². The molecule has 1 amide bonds.